The molecule has 1 atom stereocenters. The van der Waals surface area contributed by atoms with Crippen molar-refractivity contribution in [1.29, 1.82) is 0 Å². The molecule has 0 aliphatic rings. The van der Waals surface area contributed by atoms with Crippen LogP contribution >= 0.6 is 15.9 Å². The maximum atomic E-state index is 13.5. The first-order valence-electron chi connectivity index (χ1n) is 4.94. The van der Waals surface area contributed by atoms with Gasteiger partial charge in [-0.25, -0.2) is 8.78 Å². The lowest BCUT2D eigenvalue weighted by Gasteiger charge is -2.15. The standard InChI is InChI=1S/C11H14BrF2N/c1-3-4-15-7(2)11-9(13)5-8(12)6-10(11)14/h5-7,15H,3-4H2,1-2H3. The van der Waals surface area contributed by atoms with E-state index in [1.807, 2.05) is 6.92 Å². The highest BCUT2D eigenvalue weighted by atomic mass is 79.9. The van der Waals surface area contributed by atoms with Crippen LogP contribution in [0.4, 0.5) is 8.78 Å². The average molecular weight is 278 g/mol. The minimum atomic E-state index is -0.516. The largest absolute Gasteiger partial charge is 0.310 e. The highest BCUT2D eigenvalue weighted by molar-refractivity contribution is 9.10. The van der Waals surface area contributed by atoms with Gasteiger partial charge >= 0.3 is 0 Å². The van der Waals surface area contributed by atoms with Crippen LogP contribution in [0.15, 0.2) is 16.6 Å². The van der Waals surface area contributed by atoms with Gasteiger partial charge in [0.25, 0.3) is 0 Å². The molecule has 0 amide bonds. The summed E-state index contributed by atoms with van der Waals surface area (Å²) in [5, 5.41) is 3.05. The van der Waals surface area contributed by atoms with Crippen molar-refractivity contribution in [3.8, 4) is 0 Å². The first-order chi connectivity index (χ1) is 7.06. The van der Waals surface area contributed by atoms with Gasteiger partial charge in [0.05, 0.1) is 0 Å². The highest BCUT2D eigenvalue weighted by Crippen LogP contribution is 2.24. The molecule has 15 heavy (non-hydrogen) atoms. The molecule has 0 spiro atoms. The van der Waals surface area contributed by atoms with Gasteiger partial charge in [-0.2, -0.15) is 0 Å². The van der Waals surface area contributed by atoms with E-state index >= 15 is 0 Å². The van der Waals surface area contributed by atoms with Gasteiger partial charge < -0.3 is 5.32 Å². The van der Waals surface area contributed by atoms with Crippen LogP contribution in [0.1, 0.15) is 31.9 Å². The van der Waals surface area contributed by atoms with E-state index in [0.29, 0.717) is 4.47 Å². The minimum absolute atomic E-state index is 0.103. The van der Waals surface area contributed by atoms with Crippen molar-refractivity contribution >= 4 is 15.9 Å². The third-order valence-electron chi connectivity index (χ3n) is 2.18. The second-order valence-corrected chi connectivity index (χ2v) is 4.37. The number of halogens is 3. The molecule has 1 unspecified atom stereocenters. The fraction of sp³-hybridized carbons (Fsp3) is 0.455. The molecule has 84 valence electrons. The molecule has 0 radical (unpaired) electrons. The molecule has 1 N–H and O–H groups in total. The lowest BCUT2D eigenvalue weighted by atomic mass is 10.1. The quantitative estimate of drug-likeness (QED) is 0.883. The number of nitrogens with one attached hydrogen (secondary N) is 1. The molecule has 0 fully saturated rings. The Morgan fingerprint density at radius 3 is 2.33 bits per heavy atom. The Morgan fingerprint density at radius 1 is 1.33 bits per heavy atom. The van der Waals surface area contributed by atoms with E-state index in [9.17, 15) is 8.78 Å². The van der Waals surface area contributed by atoms with E-state index in [2.05, 4.69) is 21.2 Å². The van der Waals surface area contributed by atoms with Crippen LogP contribution in [-0.4, -0.2) is 6.54 Å². The summed E-state index contributed by atoms with van der Waals surface area (Å²) in [6.07, 6.45) is 0.935. The van der Waals surface area contributed by atoms with E-state index < -0.39 is 11.6 Å². The smallest absolute Gasteiger partial charge is 0.132 e. The summed E-state index contributed by atoms with van der Waals surface area (Å²) in [5.74, 6) is -1.03. The molecule has 0 bridgehead atoms. The molecule has 1 aromatic carbocycles. The summed E-state index contributed by atoms with van der Waals surface area (Å²) in [7, 11) is 0. The van der Waals surface area contributed by atoms with Crippen LogP contribution in [0.2, 0.25) is 0 Å². The van der Waals surface area contributed by atoms with Gasteiger partial charge in [0.1, 0.15) is 11.6 Å². The van der Waals surface area contributed by atoms with Crippen LogP contribution in [0.25, 0.3) is 0 Å². The molecular weight excluding hydrogens is 264 g/mol. The van der Waals surface area contributed by atoms with Crippen LogP contribution in [-0.2, 0) is 0 Å². The van der Waals surface area contributed by atoms with E-state index in [4.69, 9.17) is 0 Å². The summed E-state index contributed by atoms with van der Waals surface area (Å²) in [6.45, 7) is 4.51. The van der Waals surface area contributed by atoms with Crippen LogP contribution in [0.3, 0.4) is 0 Å². The maximum absolute atomic E-state index is 13.5. The molecule has 0 saturated carbocycles. The number of hydrogen-bond donors (Lipinski definition) is 1. The highest BCUT2D eigenvalue weighted by Gasteiger charge is 2.16. The average Bonchev–Trinajstić information content (AvgIpc) is 2.12. The molecule has 1 aromatic rings. The van der Waals surface area contributed by atoms with E-state index in [0.717, 1.165) is 13.0 Å². The predicted octanol–water partition coefficient (Wildman–Crippen LogP) is 3.79. The first kappa shape index (κ1) is 12.6. The van der Waals surface area contributed by atoms with Gasteiger partial charge in [-0.15, -0.1) is 0 Å². The molecule has 4 heteroatoms. The zero-order valence-corrected chi connectivity index (χ0v) is 10.4. The zero-order chi connectivity index (χ0) is 11.4. The first-order valence-corrected chi connectivity index (χ1v) is 5.73. The van der Waals surface area contributed by atoms with Gasteiger partial charge in [0, 0.05) is 16.1 Å². The van der Waals surface area contributed by atoms with Gasteiger partial charge in [0.15, 0.2) is 0 Å². The Balaban J connectivity index is 2.92. The molecular formula is C11H14BrF2N. The molecule has 0 aliphatic carbocycles. The van der Waals surface area contributed by atoms with E-state index in [-0.39, 0.29) is 11.6 Å². The van der Waals surface area contributed by atoms with E-state index in [1.54, 1.807) is 6.92 Å². The minimum Gasteiger partial charge on any atom is -0.310 e. The summed E-state index contributed by atoms with van der Waals surface area (Å²) in [4.78, 5) is 0. The van der Waals surface area contributed by atoms with Gasteiger partial charge in [-0.1, -0.05) is 22.9 Å². The fourth-order valence-corrected chi connectivity index (χ4v) is 1.83. The Labute approximate surface area is 97.0 Å². The molecule has 0 heterocycles. The molecule has 0 saturated heterocycles. The predicted molar refractivity (Wildman–Crippen MR) is 60.8 cm³/mol. The third kappa shape index (κ3) is 3.24. The van der Waals surface area contributed by atoms with Gasteiger partial charge in [-0.05, 0) is 32.0 Å². The Morgan fingerprint density at radius 2 is 1.87 bits per heavy atom. The molecule has 1 rings (SSSR count). The lowest BCUT2D eigenvalue weighted by molar-refractivity contribution is 0.487. The van der Waals surface area contributed by atoms with Crippen molar-refractivity contribution in [2.75, 3.05) is 6.54 Å². The van der Waals surface area contributed by atoms with Crippen molar-refractivity contribution in [3.63, 3.8) is 0 Å². The number of benzene rings is 1. The normalized spacial score (nSPS) is 12.9. The number of rotatable bonds is 4. The number of hydrogen-bond acceptors (Lipinski definition) is 1. The molecule has 1 nitrogen and oxygen atoms in total. The zero-order valence-electron chi connectivity index (χ0n) is 8.78. The van der Waals surface area contributed by atoms with Crippen molar-refractivity contribution in [1.82, 2.24) is 5.32 Å². The Bertz CT molecular complexity index is 318. The van der Waals surface area contributed by atoms with Crippen LogP contribution in [0.5, 0.6) is 0 Å². The fourth-order valence-electron chi connectivity index (χ4n) is 1.43. The van der Waals surface area contributed by atoms with E-state index in [1.165, 1.54) is 12.1 Å². The monoisotopic (exact) mass is 277 g/mol. The van der Waals surface area contributed by atoms with Gasteiger partial charge in [0.2, 0.25) is 0 Å². The summed E-state index contributed by atoms with van der Waals surface area (Å²) in [5.41, 5.74) is 0.103. The summed E-state index contributed by atoms with van der Waals surface area (Å²) < 4.78 is 27.4. The van der Waals surface area contributed by atoms with Crippen molar-refractivity contribution < 1.29 is 8.78 Å². The SMILES string of the molecule is CCCNC(C)c1c(F)cc(Br)cc1F. The van der Waals surface area contributed by atoms with Crippen LogP contribution in [0, 0.1) is 11.6 Å². The Hall–Kier alpha value is -0.480. The van der Waals surface area contributed by atoms with Crippen molar-refractivity contribution in [2.24, 2.45) is 0 Å². The van der Waals surface area contributed by atoms with Crippen molar-refractivity contribution in [3.05, 3.63) is 33.8 Å². The van der Waals surface area contributed by atoms with Gasteiger partial charge in [-0.3, -0.25) is 0 Å². The Kier molecular flexibility index (Phi) is 4.67. The topological polar surface area (TPSA) is 12.0 Å². The second kappa shape index (κ2) is 5.56. The summed E-state index contributed by atoms with van der Waals surface area (Å²) in [6, 6.07) is 2.25. The van der Waals surface area contributed by atoms with Crippen LogP contribution < -0.4 is 5.32 Å². The lowest BCUT2D eigenvalue weighted by Crippen LogP contribution is -2.21. The molecule has 0 aliphatic heterocycles. The van der Waals surface area contributed by atoms with Crippen molar-refractivity contribution in [2.45, 2.75) is 26.3 Å². The maximum Gasteiger partial charge on any atom is 0.132 e. The molecule has 0 aromatic heterocycles. The summed E-state index contributed by atoms with van der Waals surface area (Å²) >= 11 is 3.05. The second-order valence-electron chi connectivity index (χ2n) is 3.46. The third-order valence-corrected chi connectivity index (χ3v) is 2.64.